The summed E-state index contributed by atoms with van der Waals surface area (Å²) < 4.78 is 31.1. The number of methoxy groups -OCH3 is 1. The van der Waals surface area contributed by atoms with Gasteiger partial charge in [-0.15, -0.1) is 0 Å². The first-order valence-electron chi connectivity index (χ1n) is 4.50. The van der Waals surface area contributed by atoms with E-state index in [-0.39, 0.29) is 11.4 Å². The topological polar surface area (TPSA) is 21.3 Å². The van der Waals surface area contributed by atoms with Crippen LogP contribution in [0.4, 0.5) is 14.5 Å². The molecular formula is C10H11F2NO. The molecule has 2 nitrogen and oxygen atoms in total. The number of hydrogen-bond acceptors (Lipinski definition) is 2. The van der Waals surface area contributed by atoms with Gasteiger partial charge in [-0.2, -0.15) is 0 Å². The zero-order valence-corrected chi connectivity index (χ0v) is 7.81. The second kappa shape index (κ2) is 3.44. The lowest BCUT2D eigenvalue weighted by atomic mass is 10.2. The second-order valence-electron chi connectivity index (χ2n) is 3.39. The van der Waals surface area contributed by atoms with Gasteiger partial charge in [-0.25, -0.2) is 8.78 Å². The van der Waals surface area contributed by atoms with Crippen LogP contribution in [-0.2, 0) is 0 Å². The molecule has 1 N–H and O–H groups in total. The summed E-state index contributed by atoms with van der Waals surface area (Å²) in [5.74, 6) is -1.09. The Bertz CT molecular complexity index is 350. The molecule has 1 saturated carbocycles. The lowest BCUT2D eigenvalue weighted by Crippen LogP contribution is -2.04. The highest BCUT2D eigenvalue weighted by atomic mass is 19.1. The molecule has 0 spiro atoms. The number of rotatable bonds is 3. The van der Waals surface area contributed by atoms with Gasteiger partial charge in [0.15, 0.2) is 11.6 Å². The number of benzene rings is 1. The van der Waals surface area contributed by atoms with Crippen molar-refractivity contribution in [3.63, 3.8) is 0 Å². The summed E-state index contributed by atoms with van der Waals surface area (Å²) in [5, 5.41) is 2.91. The molecule has 0 atom stereocenters. The third-order valence-electron chi connectivity index (χ3n) is 2.18. The van der Waals surface area contributed by atoms with Crippen molar-refractivity contribution < 1.29 is 13.5 Å². The summed E-state index contributed by atoms with van der Waals surface area (Å²) in [7, 11) is 1.31. The van der Waals surface area contributed by atoms with Gasteiger partial charge >= 0.3 is 0 Å². The molecule has 0 aromatic heterocycles. The zero-order chi connectivity index (χ0) is 10.1. The highest BCUT2D eigenvalue weighted by molar-refractivity contribution is 5.50. The predicted molar refractivity (Wildman–Crippen MR) is 49.6 cm³/mol. The standard InChI is InChI=1S/C10H11F2NO/c1-14-10-5-7(11)9(4-8(10)12)13-6-2-3-6/h4-6,13H,2-3H2,1H3. The van der Waals surface area contributed by atoms with E-state index in [1.54, 1.807) is 0 Å². The van der Waals surface area contributed by atoms with Crippen LogP contribution in [-0.4, -0.2) is 13.2 Å². The van der Waals surface area contributed by atoms with Crippen LogP contribution in [0, 0.1) is 11.6 Å². The molecule has 76 valence electrons. The molecule has 0 radical (unpaired) electrons. The monoisotopic (exact) mass is 199 g/mol. The molecular weight excluding hydrogens is 188 g/mol. The van der Waals surface area contributed by atoms with Gasteiger partial charge < -0.3 is 10.1 Å². The van der Waals surface area contributed by atoms with E-state index in [2.05, 4.69) is 10.1 Å². The third-order valence-corrected chi connectivity index (χ3v) is 2.18. The average Bonchev–Trinajstić information content (AvgIpc) is 2.94. The van der Waals surface area contributed by atoms with Gasteiger partial charge in [0.2, 0.25) is 0 Å². The summed E-state index contributed by atoms with van der Waals surface area (Å²) in [6, 6.07) is 2.49. The fraction of sp³-hybridized carbons (Fsp3) is 0.400. The Kier molecular flexibility index (Phi) is 2.27. The maximum absolute atomic E-state index is 13.3. The summed E-state index contributed by atoms with van der Waals surface area (Å²) >= 11 is 0. The molecule has 0 bridgehead atoms. The third kappa shape index (κ3) is 1.78. The summed E-state index contributed by atoms with van der Waals surface area (Å²) in [6.45, 7) is 0. The molecule has 0 unspecified atom stereocenters. The van der Waals surface area contributed by atoms with Crippen molar-refractivity contribution in [3.8, 4) is 5.75 Å². The molecule has 1 aromatic carbocycles. The normalized spacial score (nSPS) is 15.4. The van der Waals surface area contributed by atoms with E-state index in [9.17, 15) is 8.78 Å². The van der Waals surface area contributed by atoms with Gasteiger partial charge in [-0.05, 0) is 12.8 Å². The Hall–Kier alpha value is -1.32. The van der Waals surface area contributed by atoms with E-state index in [1.807, 2.05) is 0 Å². The minimum atomic E-state index is -0.544. The SMILES string of the molecule is COc1cc(F)c(NC2CC2)cc1F. The molecule has 1 aliphatic rings. The number of ether oxygens (including phenoxy) is 1. The number of anilines is 1. The minimum absolute atomic E-state index is 0.0659. The van der Waals surface area contributed by atoms with E-state index in [0.29, 0.717) is 6.04 Å². The highest BCUT2D eigenvalue weighted by Gasteiger charge is 2.22. The minimum Gasteiger partial charge on any atom is -0.494 e. The van der Waals surface area contributed by atoms with Crippen LogP contribution >= 0.6 is 0 Å². The summed E-state index contributed by atoms with van der Waals surface area (Å²) in [4.78, 5) is 0. The average molecular weight is 199 g/mol. The van der Waals surface area contributed by atoms with Crippen LogP contribution in [0.2, 0.25) is 0 Å². The molecule has 0 aliphatic heterocycles. The largest absolute Gasteiger partial charge is 0.494 e. The van der Waals surface area contributed by atoms with Crippen molar-refractivity contribution in [2.24, 2.45) is 0 Å². The van der Waals surface area contributed by atoms with E-state index in [1.165, 1.54) is 7.11 Å². The van der Waals surface area contributed by atoms with Crippen LogP contribution in [0.1, 0.15) is 12.8 Å². The highest BCUT2D eigenvalue weighted by Crippen LogP contribution is 2.29. The van der Waals surface area contributed by atoms with E-state index in [4.69, 9.17) is 0 Å². The molecule has 2 rings (SSSR count). The van der Waals surface area contributed by atoms with E-state index in [0.717, 1.165) is 25.0 Å². The first-order valence-corrected chi connectivity index (χ1v) is 4.50. The lowest BCUT2D eigenvalue weighted by Gasteiger charge is -2.08. The maximum atomic E-state index is 13.3. The van der Waals surface area contributed by atoms with Crippen LogP contribution in [0.25, 0.3) is 0 Å². The van der Waals surface area contributed by atoms with Crippen molar-refractivity contribution in [1.29, 1.82) is 0 Å². The quantitative estimate of drug-likeness (QED) is 0.807. The summed E-state index contributed by atoms with van der Waals surface area (Å²) in [6.07, 6.45) is 2.04. The first kappa shape index (κ1) is 9.24. The van der Waals surface area contributed by atoms with E-state index >= 15 is 0 Å². The van der Waals surface area contributed by atoms with Gasteiger partial charge in [0.05, 0.1) is 12.8 Å². The van der Waals surface area contributed by atoms with Crippen molar-refractivity contribution >= 4 is 5.69 Å². The molecule has 0 saturated heterocycles. The fourth-order valence-corrected chi connectivity index (χ4v) is 1.24. The lowest BCUT2D eigenvalue weighted by molar-refractivity contribution is 0.383. The molecule has 0 heterocycles. The fourth-order valence-electron chi connectivity index (χ4n) is 1.24. The molecule has 1 aromatic rings. The van der Waals surface area contributed by atoms with Crippen LogP contribution in [0.15, 0.2) is 12.1 Å². The van der Waals surface area contributed by atoms with Crippen molar-refractivity contribution in [1.82, 2.24) is 0 Å². The smallest absolute Gasteiger partial charge is 0.167 e. The Morgan fingerprint density at radius 3 is 2.57 bits per heavy atom. The van der Waals surface area contributed by atoms with Crippen LogP contribution in [0.3, 0.4) is 0 Å². The number of nitrogens with one attached hydrogen (secondary N) is 1. The van der Waals surface area contributed by atoms with Crippen molar-refractivity contribution in [3.05, 3.63) is 23.8 Å². The van der Waals surface area contributed by atoms with Crippen LogP contribution in [0.5, 0.6) is 5.75 Å². The molecule has 1 fully saturated rings. The zero-order valence-electron chi connectivity index (χ0n) is 7.81. The Morgan fingerprint density at radius 2 is 2.00 bits per heavy atom. The van der Waals surface area contributed by atoms with Crippen molar-refractivity contribution in [2.75, 3.05) is 12.4 Å². The maximum Gasteiger partial charge on any atom is 0.167 e. The molecule has 0 amide bonds. The Balaban J connectivity index is 2.26. The van der Waals surface area contributed by atoms with Gasteiger partial charge in [0, 0.05) is 18.2 Å². The van der Waals surface area contributed by atoms with Gasteiger partial charge in [-0.1, -0.05) is 0 Å². The van der Waals surface area contributed by atoms with Gasteiger partial charge in [0.1, 0.15) is 5.82 Å². The Morgan fingerprint density at radius 1 is 1.29 bits per heavy atom. The summed E-state index contributed by atoms with van der Waals surface area (Å²) in [5.41, 5.74) is 0.214. The van der Waals surface area contributed by atoms with Crippen molar-refractivity contribution in [2.45, 2.75) is 18.9 Å². The molecule has 4 heteroatoms. The second-order valence-corrected chi connectivity index (χ2v) is 3.39. The number of hydrogen-bond donors (Lipinski definition) is 1. The van der Waals surface area contributed by atoms with Gasteiger partial charge in [0.25, 0.3) is 0 Å². The number of halogens is 2. The first-order chi connectivity index (χ1) is 6.70. The predicted octanol–water partition coefficient (Wildman–Crippen LogP) is 2.55. The Labute approximate surface area is 80.9 Å². The molecule has 14 heavy (non-hydrogen) atoms. The van der Waals surface area contributed by atoms with Crippen LogP contribution < -0.4 is 10.1 Å². The van der Waals surface area contributed by atoms with Gasteiger partial charge in [-0.3, -0.25) is 0 Å². The van der Waals surface area contributed by atoms with E-state index < -0.39 is 11.6 Å². The molecule has 1 aliphatic carbocycles.